The summed E-state index contributed by atoms with van der Waals surface area (Å²) in [6.45, 7) is 6.60. The molecule has 26 heavy (non-hydrogen) atoms. The van der Waals surface area contributed by atoms with Crippen molar-refractivity contribution in [3.63, 3.8) is 0 Å². The molecule has 1 fully saturated rings. The zero-order valence-electron chi connectivity index (χ0n) is 15.2. The molecule has 4 rings (SSSR count). The van der Waals surface area contributed by atoms with Gasteiger partial charge < -0.3 is 19.1 Å². The Balaban J connectivity index is 1.46. The van der Waals surface area contributed by atoms with E-state index < -0.39 is 0 Å². The summed E-state index contributed by atoms with van der Waals surface area (Å²) >= 11 is 0. The van der Waals surface area contributed by atoms with Crippen LogP contribution in [0.4, 0.5) is 0 Å². The predicted octanol–water partition coefficient (Wildman–Crippen LogP) is 2.29. The molecule has 2 aliphatic heterocycles. The van der Waals surface area contributed by atoms with Crippen LogP contribution in [0.15, 0.2) is 18.2 Å². The molecule has 1 aromatic heterocycles. The molecule has 0 amide bonds. The van der Waals surface area contributed by atoms with E-state index in [1.807, 2.05) is 19.1 Å². The fraction of sp³-hybridized carbons (Fsp3) is 0.579. The number of phenols is 1. The van der Waals surface area contributed by atoms with Crippen molar-refractivity contribution in [2.45, 2.75) is 45.4 Å². The lowest BCUT2D eigenvalue weighted by Crippen LogP contribution is -2.27. The van der Waals surface area contributed by atoms with Gasteiger partial charge >= 0.3 is 0 Å². The Labute approximate surface area is 153 Å². The minimum Gasteiger partial charge on any atom is -0.504 e. The molecule has 0 spiro atoms. The van der Waals surface area contributed by atoms with Crippen molar-refractivity contribution in [2.75, 3.05) is 26.3 Å². The summed E-state index contributed by atoms with van der Waals surface area (Å²) in [4.78, 5) is 2.35. The van der Waals surface area contributed by atoms with Gasteiger partial charge in [0.05, 0.1) is 6.61 Å². The van der Waals surface area contributed by atoms with Gasteiger partial charge in [0, 0.05) is 44.8 Å². The van der Waals surface area contributed by atoms with Crippen LogP contribution in [-0.2, 0) is 24.2 Å². The van der Waals surface area contributed by atoms with Crippen LogP contribution < -0.4 is 4.74 Å². The van der Waals surface area contributed by atoms with Crippen LogP contribution in [0.5, 0.6) is 11.5 Å². The first-order valence-electron chi connectivity index (χ1n) is 9.46. The largest absolute Gasteiger partial charge is 0.504 e. The van der Waals surface area contributed by atoms with E-state index in [4.69, 9.17) is 9.47 Å². The van der Waals surface area contributed by atoms with Gasteiger partial charge in [0.1, 0.15) is 11.9 Å². The number of nitrogens with zero attached hydrogens (tertiary/aromatic N) is 4. The molecule has 3 heterocycles. The highest BCUT2D eigenvalue weighted by molar-refractivity contribution is 5.45. The van der Waals surface area contributed by atoms with E-state index in [1.54, 1.807) is 6.07 Å². The van der Waals surface area contributed by atoms with Gasteiger partial charge in [0.25, 0.3) is 0 Å². The molecule has 0 unspecified atom stereocenters. The highest BCUT2D eigenvalue weighted by Crippen LogP contribution is 2.31. The number of aromatic hydroxyl groups is 1. The Morgan fingerprint density at radius 3 is 3.00 bits per heavy atom. The van der Waals surface area contributed by atoms with Crippen LogP contribution in [0.25, 0.3) is 0 Å². The maximum atomic E-state index is 10.4. The number of aromatic nitrogens is 3. The van der Waals surface area contributed by atoms with Gasteiger partial charge in [-0.2, -0.15) is 0 Å². The van der Waals surface area contributed by atoms with Gasteiger partial charge in [0.15, 0.2) is 17.3 Å². The minimum atomic E-state index is 0.0923. The maximum absolute atomic E-state index is 10.4. The van der Waals surface area contributed by atoms with E-state index in [1.165, 1.54) is 0 Å². The molecular formula is C19H26N4O3. The third-order valence-corrected chi connectivity index (χ3v) is 5.14. The van der Waals surface area contributed by atoms with Crippen LogP contribution in [0.1, 0.15) is 43.1 Å². The van der Waals surface area contributed by atoms with Gasteiger partial charge in [-0.15, -0.1) is 10.2 Å². The molecule has 1 N–H and O–H groups in total. The molecule has 1 aromatic carbocycles. The Hall–Kier alpha value is -2.12. The fourth-order valence-corrected chi connectivity index (χ4v) is 3.77. The summed E-state index contributed by atoms with van der Waals surface area (Å²) < 4.78 is 13.5. The zero-order valence-corrected chi connectivity index (χ0v) is 15.2. The van der Waals surface area contributed by atoms with Crippen LogP contribution in [-0.4, -0.2) is 51.1 Å². The molecule has 0 bridgehead atoms. The second-order valence-electron chi connectivity index (χ2n) is 6.85. The second-order valence-corrected chi connectivity index (χ2v) is 6.85. The lowest BCUT2D eigenvalue weighted by Gasteiger charge is -2.21. The van der Waals surface area contributed by atoms with E-state index in [0.717, 1.165) is 62.7 Å². The number of hydrogen-bond acceptors (Lipinski definition) is 6. The summed E-state index contributed by atoms with van der Waals surface area (Å²) in [6, 6.07) is 5.70. The average Bonchev–Trinajstić information content (AvgIpc) is 3.26. The third kappa shape index (κ3) is 3.41. The number of ether oxygens (including phenoxy) is 2. The van der Waals surface area contributed by atoms with Crippen molar-refractivity contribution < 1.29 is 14.6 Å². The minimum absolute atomic E-state index is 0.0923. The van der Waals surface area contributed by atoms with Crippen LogP contribution in [0, 0.1) is 0 Å². The van der Waals surface area contributed by atoms with Crippen LogP contribution in [0.2, 0.25) is 0 Å². The molecule has 2 aliphatic rings. The quantitative estimate of drug-likeness (QED) is 0.884. The predicted molar refractivity (Wildman–Crippen MR) is 96.2 cm³/mol. The van der Waals surface area contributed by atoms with E-state index in [-0.39, 0.29) is 11.9 Å². The van der Waals surface area contributed by atoms with Crippen molar-refractivity contribution in [3.8, 4) is 11.5 Å². The number of fused-ring (bicyclic) bond motifs is 1. The summed E-state index contributed by atoms with van der Waals surface area (Å²) in [5.41, 5.74) is 0.896. The highest BCUT2D eigenvalue weighted by Gasteiger charge is 2.27. The van der Waals surface area contributed by atoms with Crippen LogP contribution in [0.3, 0.4) is 0 Å². The van der Waals surface area contributed by atoms with Crippen molar-refractivity contribution in [2.24, 2.45) is 0 Å². The van der Waals surface area contributed by atoms with Gasteiger partial charge in [-0.3, -0.25) is 4.90 Å². The first-order chi connectivity index (χ1) is 12.8. The van der Waals surface area contributed by atoms with Gasteiger partial charge in [0.2, 0.25) is 0 Å². The van der Waals surface area contributed by atoms with Crippen LogP contribution >= 0.6 is 0 Å². The van der Waals surface area contributed by atoms with Gasteiger partial charge in [-0.25, -0.2) is 0 Å². The molecular weight excluding hydrogens is 332 g/mol. The summed E-state index contributed by atoms with van der Waals surface area (Å²) in [6.07, 6.45) is 3.06. The standard InChI is InChI=1S/C19H26N4O3/c1-2-25-15-6-3-5-14(18(15)24)13-22-9-8-17-20-21-19(23(17)11-10-22)16-7-4-12-26-16/h3,5-6,16,24H,2,4,7-13H2,1H3/t16-/m1/s1. The van der Waals surface area contributed by atoms with E-state index in [2.05, 4.69) is 19.7 Å². The Morgan fingerprint density at radius 1 is 1.27 bits per heavy atom. The van der Waals surface area contributed by atoms with Crippen molar-refractivity contribution in [1.29, 1.82) is 0 Å². The molecule has 0 saturated carbocycles. The van der Waals surface area contributed by atoms with Gasteiger partial charge in [-0.05, 0) is 25.8 Å². The Kier molecular flexibility index (Phi) is 5.08. The number of phenolic OH excluding ortho intramolecular Hbond substituents is 1. The molecule has 0 aliphatic carbocycles. The lowest BCUT2D eigenvalue weighted by molar-refractivity contribution is 0.101. The van der Waals surface area contributed by atoms with Crippen molar-refractivity contribution in [3.05, 3.63) is 35.4 Å². The summed E-state index contributed by atoms with van der Waals surface area (Å²) in [5.74, 6) is 2.81. The van der Waals surface area contributed by atoms with E-state index in [0.29, 0.717) is 18.9 Å². The first kappa shape index (κ1) is 17.3. The van der Waals surface area contributed by atoms with Crippen molar-refractivity contribution >= 4 is 0 Å². The maximum Gasteiger partial charge on any atom is 0.162 e. The zero-order chi connectivity index (χ0) is 17.9. The monoisotopic (exact) mass is 358 g/mol. The van der Waals surface area contributed by atoms with E-state index >= 15 is 0 Å². The second kappa shape index (κ2) is 7.63. The van der Waals surface area contributed by atoms with Crippen molar-refractivity contribution in [1.82, 2.24) is 19.7 Å². The van der Waals surface area contributed by atoms with Gasteiger partial charge in [-0.1, -0.05) is 12.1 Å². The number of benzene rings is 1. The first-order valence-corrected chi connectivity index (χ1v) is 9.46. The smallest absolute Gasteiger partial charge is 0.162 e. The summed E-state index contributed by atoms with van der Waals surface area (Å²) in [5, 5.41) is 19.2. The molecule has 1 saturated heterocycles. The van der Waals surface area contributed by atoms with E-state index in [9.17, 15) is 5.11 Å². The SMILES string of the molecule is CCOc1cccc(CN2CCc3nnc([C@H]4CCCO4)n3CC2)c1O. The Morgan fingerprint density at radius 2 is 2.19 bits per heavy atom. The Bertz CT molecular complexity index is 755. The molecule has 2 aromatic rings. The average molecular weight is 358 g/mol. The number of rotatable bonds is 5. The molecule has 7 heteroatoms. The number of para-hydroxylation sites is 1. The summed E-state index contributed by atoms with van der Waals surface area (Å²) in [7, 11) is 0. The lowest BCUT2D eigenvalue weighted by atomic mass is 10.1. The molecule has 7 nitrogen and oxygen atoms in total. The normalized spacial score (nSPS) is 20.7. The topological polar surface area (TPSA) is 72.6 Å². The molecule has 0 radical (unpaired) electrons. The third-order valence-electron chi connectivity index (χ3n) is 5.14. The fourth-order valence-electron chi connectivity index (χ4n) is 3.77. The molecule has 1 atom stereocenters. The molecule has 140 valence electrons. The number of hydrogen-bond donors (Lipinski definition) is 1. The highest BCUT2D eigenvalue weighted by atomic mass is 16.5.